The standard InChI is InChI=1S/C18H17N7O2S/c19-28(26,27)15-8-6-13(7-9-15)10-11-20-17-16-12-21-25(18(16)23-24-22-17)14-4-2-1-3-5-14/h1-9,12H,10-11H2,(H2,19,26,27)(H,20,22,23). The van der Waals surface area contributed by atoms with E-state index in [4.69, 9.17) is 5.14 Å². The molecule has 0 aliphatic heterocycles. The number of para-hydroxylation sites is 1. The Kier molecular flexibility index (Phi) is 4.72. The van der Waals surface area contributed by atoms with Crippen LogP contribution >= 0.6 is 0 Å². The molecule has 0 saturated carbocycles. The molecule has 4 rings (SSSR count). The fourth-order valence-electron chi connectivity index (χ4n) is 2.83. The Morgan fingerprint density at radius 1 is 1.00 bits per heavy atom. The lowest BCUT2D eigenvalue weighted by Crippen LogP contribution is -2.12. The number of hydrogen-bond donors (Lipinski definition) is 2. The molecule has 0 spiro atoms. The van der Waals surface area contributed by atoms with Gasteiger partial charge in [-0.1, -0.05) is 30.3 Å². The minimum Gasteiger partial charge on any atom is -0.368 e. The first kappa shape index (κ1) is 18.0. The normalized spacial score (nSPS) is 11.6. The van der Waals surface area contributed by atoms with Gasteiger partial charge in [-0.25, -0.2) is 18.2 Å². The Labute approximate surface area is 161 Å². The molecule has 0 unspecified atom stereocenters. The fourth-order valence-corrected chi connectivity index (χ4v) is 3.34. The summed E-state index contributed by atoms with van der Waals surface area (Å²) in [4.78, 5) is 0.0965. The van der Waals surface area contributed by atoms with Crippen LogP contribution in [-0.4, -0.2) is 40.2 Å². The fraction of sp³-hybridized carbons (Fsp3) is 0.111. The Balaban J connectivity index is 1.49. The van der Waals surface area contributed by atoms with Gasteiger partial charge in [-0.15, -0.1) is 10.2 Å². The monoisotopic (exact) mass is 395 g/mol. The number of sulfonamides is 1. The van der Waals surface area contributed by atoms with Gasteiger partial charge in [-0.05, 0) is 41.5 Å². The molecule has 142 valence electrons. The van der Waals surface area contributed by atoms with Gasteiger partial charge in [0.1, 0.15) is 0 Å². The van der Waals surface area contributed by atoms with Gasteiger partial charge in [0.2, 0.25) is 10.0 Å². The summed E-state index contributed by atoms with van der Waals surface area (Å²) in [5, 5.41) is 25.5. The first-order chi connectivity index (χ1) is 13.5. The molecule has 2 aromatic carbocycles. The van der Waals surface area contributed by atoms with Crippen molar-refractivity contribution in [3.63, 3.8) is 0 Å². The minimum atomic E-state index is -3.68. The second-order valence-corrected chi connectivity index (χ2v) is 7.69. The van der Waals surface area contributed by atoms with Crippen molar-refractivity contribution in [3.05, 3.63) is 66.4 Å². The van der Waals surface area contributed by atoms with Gasteiger partial charge in [-0.3, -0.25) is 0 Å². The second-order valence-electron chi connectivity index (χ2n) is 6.13. The maximum Gasteiger partial charge on any atom is 0.238 e. The van der Waals surface area contributed by atoms with Crippen molar-refractivity contribution in [2.24, 2.45) is 5.14 Å². The zero-order valence-corrected chi connectivity index (χ0v) is 15.5. The summed E-state index contributed by atoms with van der Waals surface area (Å²) in [5.41, 5.74) is 2.47. The molecule has 28 heavy (non-hydrogen) atoms. The minimum absolute atomic E-state index is 0.0965. The largest absolute Gasteiger partial charge is 0.368 e. The predicted molar refractivity (Wildman–Crippen MR) is 104 cm³/mol. The highest BCUT2D eigenvalue weighted by molar-refractivity contribution is 7.89. The zero-order valence-electron chi connectivity index (χ0n) is 14.7. The number of hydrogen-bond acceptors (Lipinski definition) is 7. The third-order valence-electron chi connectivity index (χ3n) is 4.24. The van der Waals surface area contributed by atoms with E-state index in [2.05, 4.69) is 25.8 Å². The quantitative estimate of drug-likeness (QED) is 0.506. The Hall–Kier alpha value is -3.37. The van der Waals surface area contributed by atoms with E-state index in [9.17, 15) is 8.42 Å². The summed E-state index contributed by atoms with van der Waals surface area (Å²) in [6, 6.07) is 16.1. The number of nitrogens with two attached hydrogens (primary N) is 1. The van der Waals surface area contributed by atoms with Crippen molar-refractivity contribution in [2.45, 2.75) is 11.3 Å². The van der Waals surface area contributed by atoms with E-state index >= 15 is 0 Å². The number of rotatable bonds is 6. The first-order valence-electron chi connectivity index (χ1n) is 8.50. The number of benzene rings is 2. The van der Waals surface area contributed by atoms with Crippen LogP contribution in [0.1, 0.15) is 5.56 Å². The molecule has 4 aromatic rings. The third kappa shape index (κ3) is 3.68. The van der Waals surface area contributed by atoms with Crippen LogP contribution in [0.15, 0.2) is 65.7 Å². The molecule has 0 bridgehead atoms. The van der Waals surface area contributed by atoms with E-state index < -0.39 is 10.0 Å². The van der Waals surface area contributed by atoms with E-state index in [1.54, 1.807) is 23.0 Å². The van der Waals surface area contributed by atoms with Gasteiger partial charge >= 0.3 is 0 Å². The van der Waals surface area contributed by atoms with E-state index in [1.807, 2.05) is 30.3 Å². The SMILES string of the molecule is NS(=O)(=O)c1ccc(CCNc2nnnc3c2cnn3-c2ccccc2)cc1. The van der Waals surface area contributed by atoms with Crippen LogP contribution in [0, 0.1) is 0 Å². The van der Waals surface area contributed by atoms with E-state index in [0.29, 0.717) is 24.4 Å². The molecule has 2 aromatic heterocycles. The van der Waals surface area contributed by atoms with Crippen molar-refractivity contribution in [3.8, 4) is 5.69 Å². The van der Waals surface area contributed by atoms with Crippen LogP contribution in [0.3, 0.4) is 0 Å². The highest BCUT2D eigenvalue weighted by Crippen LogP contribution is 2.20. The van der Waals surface area contributed by atoms with Gasteiger partial charge in [0.05, 0.1) is 22.2 Å². The summed E-state index contributed by atoms with van der Waals surface area (Å²) in [6.07, 6.45) is 2.37. The Bertz CT molecular complexity index is 1210. The highest BCUT2D eigenvalue weighted by atomic mass is 32.2. The first-order valence-corrected chi connectivity index (χ1v) is 10.0. The summed E-state index contributed by atoms with van der Waals surface area (Å²) in [5.74, 6) is 0.591. The molecular weight excluding hydrogens is 378 g/mol. The maximum absolute atomic E-state index is 11.3. The summed E-state index contributed by atoms with van der Waals surface area (Å²) in [7, 11) is -3.68. The molecule has 0 radical (unpaired) electrons. The number of anilines is 1. The van der Waals surface area contributed by atoms with Crippen molar-refractivity contribution in [1.82, 2.24) is 25.2 Å². The molecule has 0 aliphatic rings. The highest BCUT2D eigenvalue weighted by Gasteiger charge is 2.12. The predicted octanol–water partition coefficient (Wildman–Crippen LogP) is 1.51. The van der Waals surface area contributed by atoms with Crippen molar-refractivity contribution >= 4 is 26.9 Å². The van der Waals surface area contributed by atoms with Gasteiger partial charge in [-0.2, -0.15) is 5.10 Å². The van der Waals surface area contributed by atoms with Crippen LogP contribution in [0.25, 0.3) is 16.7 Å². The van der Waals surface area contributed by atoms with E-state index in [-0.39, 0.29) is 4.90 Å². The molecule has 0 saturated heterocycles. The lowest BCUT2D eigenvalue weighted by molar-refractivity contribution is 0.598. The summed E-state index contributed by atoms with van der Waals surface area (Å²) in [6.45, 7) is 0.582. The lowest BCUT2D eigenvalue weighted by Gasteiger charge is -2.07. The lowest BCUT2D eigenvalue weighted by atomic mass is 10.1. The molecule has 0 fully saturated rings. The Morgan fingerprint density at radius 2 is 1.75 bits per heavy atom. The van der Waals surface area contributed by atoms with Crippen molar-refractivity contribution < 1.29 is 8.42 Å². The smallest absolute Gasteiger partial charge is 0.238 e. The molecular formula is C18H17N7O2S. The number of fused-ring (bicyclic) bond motifs is 1. The van der Waals surface area contributed by atoms with E-state index in [0.717, 1.165) is 16.6 Å². The third-order valence-corrected chi connectivity index (χ3v) is 5.17. The summed E-state index contributed by atoms with van der Waals surface area (Å²) >= 11 is 0. The molecule has 10 heteroatoms. The van der Waals surface area contributed by atoms with Crippen LogP contribution in [0.4, 0.5) is 5.82 Å². The number of primary sulfonamides is 1. The van der Waals surface area contributed by atoms with Gasteiger partial charge < -0.3 is 5.32 Å². The molecule has 2 heterocycles. The van der Waals surface area contributed by atoms with Crippen LogP contribution in [0.2, 0.25) is 0 Å². The second kappa shape index (κ2) is 7.33. The number of aromatic nitrogens is 5. The molecule has 3 N–H and O–H groups in total. The van der Waals surface area contributed by atoms with E-state index in [1.165, 1.54) is 12.1 Å². The van der Waals surface area contributed by atoms with Gasteiger partial charge in [0.15, 0.2) is 11.5 Å². The van der Waals surface area contributed by atoms with Crippen LogP contribution in [0.5, 0.6) is 0 Å². The van der Waals surface area contributed by atoms with Crippen LogP contribution < -0.4 is 10.5 Å². The average Bonchev–Trinajstić information content (AvgIpc) is 3.13. The molecule has 0 atom stereocenters. The number of nitrogens with one attached hydrogen (secondary N) is 1. The van der Waals surface area contributed by atoms with Gasteiger partial charge in [0, 0.05) is 6.54 Å². The Morgan fingerprint density at radius 3 is 2.46 bits per heavy atom. The molecule has 0 amide bonds. The van der Waals surface area contributed by atoms with Gasteiger partial charge in [0.25, 0.3) is 0 Å². The molecule has 9 nitrogen and oxygen atoms in total. The topological polar surface area (TPSA) is 129 Å². The van der Waals surface area contributed by atoms with Crippen molar-refractivity contribution in [1.29, 1.82) is 0 Å². The average molecular weight is 395 g/mol. The maximum atomic E-state index is 11.3. The van der Waals surface area contributed by atoms with Crippen molar-refractivity contribution in [2.75, 3.05) is 11.9 Å². The van der Waals surface area contributed by atoms with Crippen LogP contribution in [-0.2, 0) is 16.4 Å². The number of nitrogens with zero attached hydrogens (tertiary/aromatic N) is 5. The summed E-state index contributed by atoms with van der Waals surface area (Å²) < 4.78 is 24.3. The zero-order chi connectivity index (χ0) is 19.6. The molecule has 0 aliphatic carbocycles.